The molecule has 0 atom stereocenters. The van der Waals surface area contributed by atoms with Crippen molar-refractivity contribution < 1.29 is 9.21 Å². The number of halogens is 1. The van der Waals surface area contributed by atoms with Gasteiger partial charge in [-0.2, -0.15) is 0 Å². The second-order valence-corrected chi connectivity index (χ2v) is 4.42. The van der Waals surface area contributed by atoms with E-state index in [-0.39, 0.29) is 5.91 Å². The first-order chi connectivity index (χ1) is 8.25. The number of aryl methyl sites for hydroxylation is 1. The van der Waals surface area contributed by atoms with Crippen molar-refractivity contribution in [3.8, 4) is 0 Å². The van der Waals surface area contributed by atoms with Crippen LogP contribution in [0.15, 0.2) is 45.7 Å². The molecule has 90 valence electrons. The lowest BCUT2D eigenvalue weighted by Crippen LogP contribution is -2.24. The zero-order valence-electron chi connectivity index (χ0n) is 9.23. The van der Waals surface area contributed by atoms with Gasteiger partial charge in [-0.3, -0.25) is 4.79 Å². The second kappa shape index (κ2) is 5.72. The number of nitrogens with one attached hydrogen (secondary N) is 1. The maximum absolute atomic E-state index is 11.6. The van der Waals surface area contributed by atoms with Crippen LogP contribution in [0.5, 0.6) is 0 Å². The van der Waals surface area contributed by atoms with Crippen LogP contribution in [0.4, 0.5) is 0 Å². The first-order valence-corrected chi connectivity index (χ1v) is 6.19. The zero-order valence-corrected chi connectivity index (χ0v) is 10.8. The summed E-state index contributed by atoms with van der Waals surface area (Å²) in [4.78, 5) is 11.6. The van der Waals surface area contributed by atoms with Crippen molar-refractivity contribution in [2.75, 3.05) is 6.54 Å². The fourth-order valence-corrected chi connectivity index (χ4v) is 1.81. The van der Waals surface area contributed by atoms with Crippen molar-refractivity contribution in [1.82, 2.24) is 9.88 Å². The van der Waals surface area contributed by atoms with Crippen LogP contribution in [0.1, 0.15) is 17.0 Å². The molecule has 2 aromatic heterocycles. The van der Waals surface area contributed by atoms with Gasteiger partial charge in [0.1, 0.15) is 0 Å². The quantitative estimate of drug-likeness (QED) is 0.862. The first-order valence-electron chi connectivity index (χ1n) is 5.40. The molecule has 0 spiro atoms. The van der Waals surface area contributed by atoms with E-state index < -0.39 is 0 Å². The predicted molar refractivity (Wildman–Crippen MR) is 67.8 cm³/mol. The van der Waals surface area contributed by atoms with Crippen molar-refractivity contribution in [1.29, 1.82) is 0 Å². The summed E-state index contributed by atoms with van der Waals surface area (Å²) in [7, 11) is 0. The third-order valence-corrected chi connectivity index (χ3v) is 2.77. The van der Waals surface area contributed by atoms with Crippen LogP contribution in [0.25, 0.3) is 0 Å². The van der Waals surface area contributed by atoms with Crippen molar-refractivity contribution in [2.45, 2.75) is 13.0 Å². The minimum atomic E-state index is -0.178. The van der Waals surface area contributed by atoms with Crippen LogP contribution in [0, 0.1) is 0 Å². The van der Waals surface area contributed by atoms with E-state index in [1.807, 2.05) is 24.5 Å². The molecule has 2 heterocycles. The lowest BCUT2D eigenvalue weighted by molar-refractivity contribution is 0.0924. The minimum absolute atomic E-state index is 0.178. The van der Waals surface area contributed by atoms with E-state index in [2.05, 4.69) is 25.8 Å². The number of rotatable bonds is 5. The van der Waals surface area contributed by atoms with Gasteiger partial charge in [-0.25, -0.2) is 0 Å². The Morgan fingerprint density at radius 1 is 1.35 bits per heavy atom. The molecule has 0 aromatic carbocycles. The molecule has 1 N–H and O–H groups in total. The Hall–Kier alpha value is -1.49. The zero-order chi connectivity index (χ0) is 12.1. The molecular weight excluding hydrogens is 284 g/mol. The molecule has 1 amide bonds. The normalized spacial score (nSPS) is 10.4. The summed E-state index contributed by atoms with van der Waals surface area (Å²) >= 11 is 3.16. The van der Waals surface area contributed by atoms with Gasteiger partial charge >= 0.3 is 0 Å². The van der Waals surface area contributed by atoms with Crippen molar-refractivity contribution in [3.63, 3.8) is 0 Å². The smallest absolute Gasteiger partial charge is 0.287 e. The maximum atomic E-state index is 11.6. The molecular formula is C12H13BrN2O2. The van der Waals surface area contributed by atoms with Crippen molar-refractivity contribution in [2.24, 2.45) is 0 Å². The average Bonchev–Trinajstić information content (AvgIpc) is 2.95. The molecule has 4 nitrogen and oxygen atoms in total. The van der Waals surface area contributed by atoms with E-state index in [4.69, 9.17) is 4.42 Å². The Morgan fingerprint density at radius 3 is 2.76 bits per heavy atom. The van der Waals surface area contributed by atoms with Crippen LogP contribution >= 0.6 is 15.9 Å². The Balaban J connectivity index is 1.70. The van der Waals surface area contributed by atoms with Crippen LogP contribution in [-0.4, -0.2) is 17.0 Å². The number of aromatic nitrogens is 1. The highest BCUT2D eigenvalue weighted by atomic mass is 79.9. The number of furan rings is 1. The van der Waals surface area contributed by atoms with Crippen LogP contribution in [-0.2, 0) is 6.54 Å². The van der Waals surface area contributed by atoms with Gasteiger partial charge in [0.2, 0.25) is 0 Å². The van der Waals surface area contributed by atoms with Crippen LogP contribution in [0.2, 0.25) is 0 Å². The molecule has 0 fully saturated rings. The molecule has 0 aliphatic carbocycles. The number of carbonyl (C=O) groups excluding carboxylic acids is 1. The summed E-state index contributed by atoms with van der Waals surface area (Å²) in [6, 6.07) is 7.32. The van der Waals surface area contributed by atoms with Crippen LogP contribution < -0.4 is 5.32 Å². The van der Waals surface area contributed by atoms with E-state index in [1.54, 1.807) is 12.1 Å². The van der Waals surface area contributed by atoms with E-state index in [0.29, 0.717) is 17.0 Å². The molecule has 0 radical (unpaired) electrons. The number of carbonyl (C=O) groups is 1. The number of nitrogens with zero attached hydrogens (tertiary/aromatic N) is 1. The van der Waals surface area contributed by atoms with Crippen molar-refractivity contribution in [3.05, 3.63) is 47.1 Å². The highest BCUT2D eigenvalue weighted by Gasteiger charge is 2.08. The SMILES string of the molecule is O=C(NCCCn1cccc1)c1ccc(Br)o1. The van der Waals surface area contributed by atoms with Gasteiger partial charge < -0.3 is 14.3 Å². The molecule has 0 saturated carbocycles. The fraction of sp³-hybridized carbons (Fsp3) is 0.250. The first kappa shape index (κ1) is 12.0. The molecule has 5 heteroatoms. The van der Waals surface area contributed by atoms with E-state index >= 15 is 0 Å². The topological polar surface area (TPSA) is 47.2 Å². The molecule has 0 aliphatic rings. The monoisotopic (exact) mass is 296 g/mol. The number of hydrogen-bond acceptors (Lipinski definition) is 2. The minimum Gasteiger partial charge on any atom is -0.444 e. The highest BCUT2D eigenvalue weighted by Crippen LogP contribution is 2.13. The molecule has 2 aromatic rings. The molecule has 0 unspecified atom stereocenters. The van der Waals surface area contributed by atoms with Gasteiger partial charge in [0.15, 0.2) is 10.4 Å². The summed E-state index contributed by atoms with van der Waals surface area (Å²) in [5.74, 6) is 0.154. The Kier molecular flexibility index (Phi) is 4.03. The van der Waals surface area contributed by atoms with Gasteiger partial charge in [-0.15, -0.1) is 0 Å². The van der Waals surface area contributed by atoms with Gasteiger partial charge in [0.05, 0.1) is 0 Å². The summed E-state index contributed by atoms with van der Waals surface area (Å²) in [5.41, 5.74) is 0. The van der Waals surface area contributed by atoms with E-state index in [9.17, 15) is 4.79 Å². The van der Waals surface area contributed by atoms with Gasteiger partial charge in [-0.05, 0) is 46.6 Å². The van der Waals surface area contributed by atoms with Gasteiger partial charge in [0, 0.05) is 25.5 Å². The fourth-order valence-electron chi connectivity index (χ4n) is 1.51. The predicted octanol–water partition coefficient (Wildman–Crippen LogP) is 2.66. The highest BCUT2D eigenvalue weighted by molar-refractivity contribution is 9.10. The standard InChI is InChI=1S/C12H13BrN2O2/c13-11-5-4-10(17-11)12(16)14-6-3-9-15-7-1-2-8-15/h1-2,4-5,7-8H,3,6,9H2,(H,14,16). The molecule has 0 bridgehead atoms. The maximum Gasteiger partial charge on any atom is 0.287 e. The van der Waals surface area contributed by atoms with Crippen LogP contribution in [0.3, 0.4) is 0 Å². The summed E-state index contributed by atoms with van der Waals surface area (Å²) < 4.78 is 7.79. The molecule has 0 saturated heterocycles. The largest absolute Gasteiger partial charge is 0.444 e. The summed E-state index contributed by atoms with van der Waals surface area (Å²) in [6.07, 6.45) is 4.90. The van der Waals surface area contributed by atoms with Crippen molar-refractivity contribution >= 4 is 21.8 Å². The third-order valence-electron chi connectivity index (χ3n) is 2.34. The summed E-state index contributed by atoms with van der Waals surface area (Å²) in [5, 5.41) is 2.81. The number of hydrogen-bond donors (Lipinski definition) is 1. The summed E-state index contributed by atoms with van der Waals surface area (Å²) in [6.45, 7) is 1.53. The molecule has 2 rings (SSSR count). The Bertz CT molecular complexity index is 476. The Labute approximate surface area is 108 Å². The third kappa shape index (κ3) is 3.49. The van der Waals surface area contributed by atoms with Gasteiger partial charge in [0.25, 0.3) is 5.91 Å². The second-order valence-electron chi connectivity index (χ2n) is 3.63. The van der Waals surface area contributed by atoms with Gasteiger partial charge in [-0.1, -0.05) is 0 Å². The Morgan fingerprint density at radius 2 is 2.12 bits per heavy atom. The molecule has 0 aliphatic heterocycles. The lowest BCUT2D eigenvalue weighted by atomic mass is 10.4. The van der Waals surface area contributed by atoms with E-state index in [1.165, 1.54) is 0 Å². The average molecular weight is 297 g/mol. The molecule has 17 heavy (non-hydrogen) atoms. The van der Waals surface area contributed by atoms with E-state index in [0.717, 1.165) is 13.0 Å². The lowest BCUT2D eigenvalue weighted by Gasteiger charge is -2.04. The number of amides is 1.